The van der Waals surface area contributed by atoms with Crippen molar-refractivity contribution in [1.29, 1.82) is 0 Å². The van der Waals surface area contributed by atoms with Crippen LogP contribution in [0.2, 0.25) is 0 Å². The number of rotatable bonds is 5. The van der Waals surface area contributed by atoms with Crippen molar-refractivity contribution >= 4 is 5.91 Å². The normalized spacial score (nSPS) is 11.4. The molecule has 0 aliphatic rings. The number of nitrogens with one attached hydrogen (secondary N) is 1. The molecule has 1 rings (SSSR count). The fourth-order valence-corrected chi connectivity index (χ4v) is 1.74. The molecule has 0 aliphatic heterocycles. The van der Waals surface area contributed by atoms with Gasteiger partial charge in [-0.1, -0.05) is 38.2 Å². The molecule has 0 aromatic heterocycles. The number of amides is 1. The number of aliphatic hydroxyl groups excluding tert-OH is 1. The van der Waals surface area contributed by atoms with Crippen LogP contribution in [-0.4, -0.2) is 24.2 Å². The van der Waals surface area contributed by atoms with Gasteiger partial charge in [0.15, 0.2) is 0 Å². The first-order valence-corrected chi connectivity index (χ1v) is 7.07. The predicted molar refractivity (Wildman–Crippen MR) is 81.5 cm³/mol. The number of carbonyl (C=O) groups is 1. The summed E-state index contributed by atoms with van der Waals surface area (Å²) in [6, 6.07) is 5.55. The number of carbonyl (C=O) groups excluding carboxylic acids is 1. The van der Waals surface area contributed by atoms with Crippen molar-refractivity contribution in [2.24, 2.45) is 5.92 Å². The maximum Gasteiger partial charge on any atom is 0.251 e. The van der Waals surface area contributed by atoms with Crippen molar-refractivity contribution in [1.82, 2.24) is 5.32 Å². The van der Waals surface area contributed by atoms with Gasteiger partial charge in [-0.2, -0.15) is 0 Å². The standard InChI is InChI=1S/C17H23NO2/c1-4-13(2)12-18-17(20)16-10-7-9-15(14(16)3)8-5-6-11-19/h7,9-10,13,19H,4,6,11-12H2,1-3H3,(H,18,20). The zero-order valence-electron chi connectivity index (χ0n) is 12.5. The summed E-state index contributed by atoms with van der Waals surface area (Å²) in [6.45, 7) is 6.88. The van der Waals surface area contributed by atoms with E-state index in [0.717, 1.165) is 17.5 Å². The number of aliphatic hydroxyl groups is 1. The Labute approximate surface area is 121 Å². The lowest BCUT2D eigenvalue weighted by Gasteiger charge is -2.12. The van der Waals surface area contributed by atoms with Crippen molar-refractivity contribution in [3.8, 4) is 11.8 Å². The van der Waals surface area contributed by atoms with E-state index < -0.39 is 0 Å². The smallest absolute Gasteiger partial charge is 0.251 e. The molecule has 0 spiro atoms. The van der Waals surface area contributed by atoms with Gasteiger partial charge < -0.3 is 10.4 Å². The van der Waals surface area contributed by atoms with Gasteiger partial charge in [0.2, 0.25) is 0 Å². The van der Waals surface area contributed by atoms with Crippen LogP contribution in [0.1, 0.15) is 48.2 Å². The average Bonchev–Trinajstić information content (AvgIpc) is 2.46. The van der Waals surface area contributed by atoms with Crippen LogP contribution in [0.5, 0.6) is 0 Å². The molecule has 0 fully saturated rings. The Morgan fingerprint density at radius 2 is 2.20 bits per heavy atom. The molecule has 0 heterocycles. The summed E-state index contributed by atoms with van der Waals surface area (Å²) in [5.41, 5.74) is 2.40. The second-order valence-electron chi connectivity index (χ2n) is 4.98. The fourth-order valence-electron chi connectivity index (χ4n) is 1.74. The summed E-state index contributed by atoms with van der Waals surface area (Å²) < 4.78 is 0. The highest BCUT2D eigenvalue weighted by Gasteiger charge is 2.11. The monoisotopic (exact) mass is 273 g/mol. The molecule has 1 amide bonds. The zero-order valence-corrected chi connectivity index (χ0v) is 12.5. The van der Waals surface area contributed by atoms with Crippen LogP contribution in [0.4, 0.5) is 0 Å². The number of hydrogen-bond acceptors (Lipinski definition) is 2. The molecule has 1 atom stereocenters. The lowest BCUT2D eigenvalue weighted by Crippen LogP contribution is -2.28. The van der Waals surface area contributed by atoms with Crippen molar-refractivity contribution in [2.75, 3.05) is 13.2 Å². The Morgan fingerprint density at radius 3 is 2.85 bits per heavy atom. The molecule has 0 saturated carbocycles. The summed E-state index contributed by atoms with van der Waals surface area (Å²) in [4.78, 5) is 12.2. The minimum Gasteiger partial charge on any atom is -0.395 e. The van der Waals surface area contributed by atoms with Gasteiger partial charge in [-0.15, -0.1) is 0 Å². The summed E-state index contributed by atoms with van der Waals surface area (Å²) >= 11 is 0. The maximum atomic E-state index is 12.2. The average molecular weight is 273 g/mol. The van der Waals surface area contributed by atoms with E-state index >= 15 is 0 Å². The summed E-state index contributed by atoms with van der Waals surface area (Å²) in [5.74, 6) is 6.31. The molecular formula is C17H23NO2. The van der Waals surface area contributed by atoms with Crippen LogP contribution in [0.3, 0.4) is 0 Å². The molecule has 108 valence electrons. The van der Waals surface area contributed by atoms with E-state index in [1.807, 2.05) is 25.1 Å². The van der Waals surface area contributed by atoms with E-state index in [-0.39, 0.29) is 12.5 Å². The summed E-state index contributed by atoms with van der Waals surface area (Å²) in [6.07, 6.45) is 1.50. The second-order valence-corrected chi connectivity index (χ2v) is 4.98. The van der Waals surface area contributed by atoms with Gasteiger partial charge in [-0.3, -0.25) is 4.79 Å². The Balaban J connectivity index is 2.83. The molecule has 1 unspecified atom stereocenters. The fraction of sp³-hybridized carbons (Fsp3) is 0.471. The predicted octanol–water partition coefficient (Wildman–Crippen LogP) is 2.50. The Hall–Kier alpha value is -1.79. The lowest BCUT2D eigenvalue weighted by molar-refractivity contribution is 0.0947. The first-order valence-electron chi connectivity index (χ1n) is 7.07. The largest absolute Gasteiger partial charge is 0.395 e. The van der Waals surface area contributed by atoms with E-state index in [2.05, 4.69) is 31.0 Å². The van der Waals surface area contributed by atoms with Gasteiger partial charge in [0.25, 0.3) is 5.91 Å². The van der Waals surface area contributed by atoms with Gasteiger partial charge in [-0.05, 0) is 30.5 Å². The zero-order chi connectivity index (χ0) is 15.0. The van der Waals surface area contributed by atoms with E-state index in [4.69, 9.17) is 5.11 Å². The van der Waals surface area contributed by atoms with Crippen LogP contribution in [0, 0.1) is 24.7 Å². The third-order valence-electron chi connectivity index (χ3n) is 3.35. The van der Waals surface area contributed by atoms with Crippen molar-refractivity contribution < 1.29 is 9.90 Å². The van der Waals surface area contributed by atoms with E-state index in [1.54, 1.807) is 0 Å². The van der Waals surface area contributed by atoms with Crippen molar-refractivity contribution in [3.63, 3.8) is 0 Å². The first-order chi connectivity index (χ1) is 9.60. The number of benzene rings is 1. The van der Waals surface area contributed by atoms with Crippen LogP contribution < -0.4 is 5.32 Å². The Morgan fingerprint density at radius 1 is 1.45 bits per heavy atom. The van der Waals surface area contributed by atoms with Crippen molar-refractivity contribution in [3.05, 3.63) is 34.9 Å². The molecule has 3 heteroatoms. The van der Waals surface area contributed by atoms with E-state index in [1.165, 1.54) is 0 Å². The van der Waals surface area contributed by atoms with Crippen LogP contribution >= 0.6 is 0 Å². The third-order valence-corrected chi connectivity index (χ3v) is 3.35. The van der Waals surface area contributed by atoms with E-state index in [9.17, 15) is 4.79 Å². The first kappa shape index (κ1) is 16.3. The molecule has 1 aromatic carbocycles. The third kappa shape index (κ3) is 4.71. The SMILES string of the molecule is CCC(C)CNC(=O)c1cccc(C#CCCO)c1C. The molecule has 2 N–H and O–H groups in total. The lowest BCUT2D eigenvalue weighted by atomic mass is 10.0. The number of hydrogen-bond donors (Lipinski definition) is 2. The molecule has 0 bridgehead atoms. The topological polar surface area (TPSA) is 49.3 Å². The van der Waals surface area contributed by atoms with Gasteiger partial charge in [0.05, 0.1) is 6.61 Å². The van der Waals surface area contributed by atoms with Gasteiger partial charge in [0.1, 0.15) is 0 Å². The minimum atomic E-state index is -0.0476. The summed E-state index contributed by atoms with van der Waals surface area (Å²) in [7, 11) is 0. The molecule has 0 saturated heterocycles. The highest BCUT2D eigenvalue weighted by Crippen LogP contribution is 2.13. The van der Waals surface area contributed by atoms with Crippen molar-refractivity contribution in [2.45, 2.75) is 33.6 Å². The van der Waals surface area contributed by atoms with E-state index in [0.29, 0.717) is 24.4 Å². The Kier molecular flexibility index (Phi) is 6.83. The van der Waals surface area contributed by atoms with Crippen LogP contribution in [0.25, 0.3) is 0 Å². The highest BCUT2D eigenvalue weighted by molar-refractivity contribution is 5.96. The van der Waals surface area contributed by atoms with Crippen LogP contribution in [-0.2, 0) is 0 Å². The maximum absolute atomic E-state index is 12.2. The van der Waals surface area contributed by atoms with Gasteiger partial charge in [0, 0.05) is 24.1 Å². The molecular weight excluding hydrogens is 250 g/mol. The highest BCUT2D eigenvalue weighted by atomic mass is 16.2. The molecule has 0 aliphatic carbocycles. The minimum absolute atomic E-state index is 0.0476. The molecule has 3 nitrogen and oxygen atoms in total. The van der Waals surface area contributed by atoms with Gasteiger partial charge >= 0.3 is 0 Å². The second kappa shape index (κ2) is 8.39. The Bertz CT molecular complexity index is 511. The van der Waals surface area contributed by atoms with Crippen LogP contribution in [0.15, 0.2) is 18.2 Å². The quantitative estimate of drug-likeness (QED) is 0.810. The molecule has 0 radical (unpaired) electrons. The molecule has 1 aromatic rings. The molecule has 20 heavy (non-hydrogen) atoms. The van der Waals surface area contributed by atoms with Gasteiger partial charge in [-0.25, -0.2) is 0 Å². The summed E-state index contributed by atoms with van der Waals surface area (Å²) in [5, 5.41) is 11.7.